The van der Waals surface area contributed by atoms with Gasteiger partial charge in [0.15, 0.2) is 5.13 Å². The minimum Gasteiger partial charge on any atom is -0.334 e. The summed E-state index contributed by atoms with van der Waals surface area (Å²) in [4.78, 5) is 19.8. The Morgan fingerprint density at radius 3 is 2.54 bits per heavy atom. The fourth-order valence-corrected chi connectivity index (χ4v) is 5.09. The third kappa shape index (κ3) is 2.83. The third-order valence-electron chi connectivity index (χ3n) is 5.50. The molecule has 1 amide bonds. The van der Waals surface area contributed by atoms with E-state index in [1.165, 1.54) is 22.5 Å². The van der Waals surface area contributed by atoms with Crippen LogP contribution in [-0.2, 0) is 13.0 Å². The van der Waals surface area contributed by atoms with Crippen molar-refractivity contribution in [3.63, 3.8) is 0 Å². The Balaban J connectivity index is 1.46. The molecule has 0 unspecified atom stereocenters. The molecule has 2 aromatic heterocycles. The van der Waals surface area contributed by atoms with Crippen LogP contribution in [0.3, 0.4) is 0 Å². The lowest BCUT2D eigenvalue weighted by atomic mass is 9.99. The van der Waals surface area contributed by atoms with Crippen LogP contribution in [0.4, 0.5) is 0 Å². The number of rotatable bonds is 2. The Bertz CT molecular complexity index is 1180. The first-order valence-electron chi connectivity index (χ1n) is 9.52. The van der Waals surface area contributed by atoms with Gasteiger partial charge in [0.1, 0.15) is 0 Å². The zero-order valence-electron chi connectivity index (χ0n) is 16.0. The van der Waals surface area contributed by atoms with E-state index in [0.29, 0.717) is 6.54 Å². The lowest BCUT2D eigenvalue weighted by molar-refractivity contribution is 0.0735. The molecule has 2 aromatic carbocycles. The van der Waals surface area contributed by atoms with E-state index in [1.807, 2.05) is 29.2 Å². The Morgan fingerprint density at radius 2 is 1.75 bits per heavy atom. The van der Waals surface area contributed by atoms with Crippen molar-refractivity contribution in [2.24, 2.45) is 0 Å². The van der Waals surface area contributed by atoms with Crippen LogP contribution in [0.1, 0.15) is 32.9 Å². The molecule has 1 aliphatic rings. The molecule has 0 fully saturated rings. The molecule has 0 atom stereocenters. The van der Waals surface area contributed by atoms with E-state index in [9.17, 15) is 4.79 Å². The molecule has 5 heteroatoms. The number of hydrogen-bond donors (Lipinski definition) is 0. The minimum absolute atomic E-state index is 0.0969. The van der Waals surface area contributed by atoms with Gasteiger partial charge in [-0.3, -0.25) is 9.36 Å². The van der Waals surface area contributed by atoms with E-state index in [-0.39, 0.29) is 5.91 Å². The van der Waals surface area contributed by atoms with Crippen molar-refractivity contribution in [2.45, 2.75) is 26.8 Å². The van der Waals surface area contributed by atoms with Gasteiger partial charge in [0.05, 0.1) is 10.2 Å². The molecular weight excluding hydrogens is 366 g/mol. The van der Waals surface area contributed by atoms with Crippen LogP contribution in [-0.4, -0.2) is 26.9 Å². The van der Waals surface area contributed by atoms with Gasteiger partial charge >= 0.3 is 0 Å². The van der Waals surface area contributed by atoms with Crippen LogP contribution < -0.4 is 0 Å². The third-order valence-corrected chi connectivity index (χ3v) is 6.51. The summed E-state index contributed by atoms with van der Waals surface area (Å²) < 4.78 is 3.21. The second kappa shape index (κ2) is 6.60. The van der Waals surface area contributed by atoms with Crippen molar-refractivity contribution in [3.05, 3.63) is 82.7 Å². The molecule has 4 aromatic rings. The second-order valence-electron chi connectivity index (χ2n) is 7.38. The fourth-order valence-electron chi connectivity index (χ4n) is 3.96. The average Bonchev–Trinajstić information content (AvgIpc) is 3.28. The summed E-state index contributed by atoms with van der Waals surface area (Å²) in [5.41, 5.74) is 6.61. The monoisotopic (exact) mass is 387 g/mol. The maximum atomic E-state index is 13.1. The summed E-state index contributed by atoms with van der Waals surface area (Å²) in [7, 11) is 0. The number of hydrogen-bond acceptors (Lipinski definition) is 3. The van der Waals surface area contributed by atoms with Gasteiger partial charge in [0.2, 0.25) is 0 Å². The zero-order chi connectivity index (χ0) is 19.3. The molecule has 0 saturated heterocycles. The van der Waals surface area contributed by atoms with Gasteiger partial charge in [-0.2, -0.15) is 0 Å². The van der Waals surface area contributed by atoms with Crippen molar-refractivity contribution in [2.75, 3.05) is 6.54 Å². The van der Waals surface area contributed by atoms with Crippen LogP contribution in [0.5, 0.6) is 0 Å². The maximum Gasteiger partial charge on any atom is 0.254 e. The van der Waals surface area contributed by atoms with Gasteiger partial charge < -0.3 is 4.90 Å². The lowest BCUT2D eigenvalue weighted by Gasteiger charge is -2.29. The highest BCUT2D eigenvalue weighted by Crippen LogP contribution is 2.29. The van der Waals surface area contributed by atoms with Crippen molar-refractivity contribution in [1.29, 1.82) is 0 Å². The highest BCUT2D eigenvalue weighted by molar-refractivity contribution is 7.20. The van der Waals surface area contributed by atoms with Crippen LogP contribution in [0.15, 0.2) is 54.6 Å². The Morgan fingerprint density at radius 1 is 1.00 bits per heavy atom. The number of benzene rings is 2. The van der Waals surface area contributed by atoms with E-state index in [0.717, 1.165) is 33.9 Å². The minimum atomic E-state index is 0.0969. The Hall–Kier alpha value is -2.92. The molecule has 0 bridgehead atoms. The molecule has 5 rings (SSSR count). The number of carbonyl (C=O) groups excluding carboxylic acids is 1. The standard InChI is InChI=1S/C23H21N3OS/c1-15-7-8-16(2)26(15)23-24-20-10-9-18(13-21(20)28-23)22(27)25-12-11-17-5-3-4-6-19(17)14-25/h3-10,13H,11-12,14H2,1-2H3. The highest BCUT2D eigenvalue weighted by Gasteiger charge is 2.22. The normalized spacial score (nSPS) is 13.7. The number of carbonyl (C=O) groups is 1. The van der Waals surface area contributed by atoms with E-state index in [2.05, 4.69) is 48.7 Å². The summed E-state index contributed by atoms with van der Waals surface area (Å²) in [5.74, 6) is 0.0969. The molecule has 0 aliphatic carbocycles. The molecule has 0 saturated carbocycles. The van der Waals surface area contributed by atoms with Crippen LogP contribution in [0, 0.1) is 13.8 Å². The van der Waals surface area contributed by atoms with Gasteiger partial charge in [-0.05, 0) is 61.7 Å². The quantitative estimate of drug-likeness (QED) is 0.490. The van der Waals surface area contributed by atoms with E-state index < -0.39 is 0 Å². The first kappa shape index (κ1) is 17.2. The molecule has 0 radical (unpaired) electrons. The number of nitrogens with zero attached hydrogens (tertiary/aromatic N) is 3. The predicted octanol–water partition coefficient (Wildman–Crippen LogP) is 4.90. The summed E-state index contributed by atoms with van der Waals surface area (Å²) in [6, 6.07) is 18.5. The number of aryl methyl sites for hydroxylation is 2. The lowest BCUT2D eigenvalue weighted by Crippen LogP contribution is -2.35. The molecular formula is C23H21N3OS. The Kier molecular flexibility index (Phi) is 4.05. The van der Waals surface area contributed by atoms with Crippen LogP contribution in [0.25, 0.3) is 15.3 Å². The first-order chi connectivity index (χ1) is 13.6. The average molecular weight is 388 g/mol. The van der Waals surface area contributed by atoms with Gasteiger partial charge in [0.25, 0.3) is 5.91 Å². The van der Waals surface area contributed by atoms with Crippen molar-refractivity contribution >= 4 is 27.5 Å². The topological polar surface area (TPSA) is 38.1 Å². The van der Waals surface area contributed by atoms with Gasteiger partial charge in [0, 0.05) is 30.0 Å². The van der Waals surface area contributed by atoms with E-state index >= 15 is 0 Å². The number of fused-ring (bicyclic) bond motifs is 2. The SMILES string of the molecule is Cc1ccc(C)n1-c1nc2ccc(C(=O)N3CCc4ccccc4C3)cc2s1. The first-order valence-corrected chi connectivity index (χ1v) is 10.3. The number of aromatic nitrogens is 2. The maximum absolute atomic E-state index is 13.1. The van der Waals surface area contributed by atoms with Gasteiger partial charge in [-0.1, -0.05) is 35.6 Å². The highest BCUT2D eigenvalue weighted by atomic mass is 32.1. The molecule has 0 N–H and O–H groups in total. The smallest absolute Gasteiger partial charge is 0.254 e. The number of amides is 1. The van der Waals surface area contributed by atoms with E-state index in [1.54, 1.807) is 11.3 Å². The molecule has 140 valence electrons. The molecule has 0 spiro atoms. The van der Waals surface area contributed by atoms with Gasteiger partial charge in [-0.25, -0.2) is 4.98 Å². The van der Waals surface area contributed by atoms with Crippen LogP contribution >= 0.6 is 11.3 Å². The summed E-state index contributed by atoms with van der Waals surface area (Å²) in [6.45, 7) is 5.62. The summed E-state index contributed by atoms with van der Waals surface area (Å²) in [5, 5.41) is 0.950. The number of thiazole rings is 1. The van der Waals surface area contributed by atoms with Crippen molar-refractivity contribution in [1.82, 2.24) is 14.5 Å². The Labute approximate surface area is 168 Å². The molecule has 4 nitrogen and oxygen atoms in total. The molecule has 3 heterocycles. The van der Waals surface area contributed by atoms with Crippen molar-refractivity contribution < 1.29 is 4.79 Å². The van der Waals surface area contributed by atoms with Gasteiger partial charge in [-0.15, -0.1) is 0 Å². The molecule has 28 heavy (non-hydrogen) atoms. The van der Waals surface area contributed by atoms with Crippen LogP contribution in [0.2, 0.25) is 0 Å². The summed E-state index contributed by atoms with van der Waals surface area (Å²) >= 11 is 1.63. The fraction of sp³-hybridized carbons (Fsp3) is 0.217. The predicted molar refractivity (Wildman–Crippen MR) is 113 cm³/mol. The van der Waals surface area contributed by atoms with E-state index in [4.69, 9.17) is 4.98 Å². The zero-order valence-corrected chi connectivity index (χ0v) is 16.8. The summed E-state index contributed by atoms with van der Waals surface area (Å²) in [6.07, 6.45) is 0.918. The second-order valence-corrected chi connectivity index (χ2v) is 8.38. The largest absolute Gasteiger partial charge is 0.334 e. The van der Waals surface area contributed by atoms with Crippen molar-refractivity contribution in [3.8, 4) is 5.13 Å². The molecule has 1 aliphatic heterocycles.